The number of carboxylic acid groups (broad SMARTS) is 1. The Bertz CT molecular complexity index is 956. The second-order valence-corrected chi connectivity index (χ2v) is 12.9. The van der Waals surface area contributed by atoms with Crippen molar-refractivity contribution in [3.05, 3.63) is 34.3 Å². The van der Waals surface area contributed by atoms with E-state index in [1.54, 1.807) is 12.1 Å². The summed E-state index contributed by atoms with van der Waals surface area (Å²) in [5, 5.41) is 9.74. The summed E-state index contributed by atoms with van der Waals surface area (Å²) in [6.45, 7) is 10.4. The molecule has 1 aromatic rings. The lowest BCUT2D eigenvalue weighted by atomic mass is 9.61. The van der Waals surface area contributed by atoms with Gasteiger partial charge in [-0.2, -0.15) is 0 Å². The molecule has 2 amide bonds. The van der Waals surface area contributed by atoms with Crippen LogP contribution in [0, 0.1) is 23.2 Å². The Balaban J connectivity index is 2.02. The first-order valence-corrected chi connectivity index (χ1v) is 14.0. The van der Waals surface area contributed by atoms with Gasteiger partial charge in [0.25, 0.3) is 0 Å². The van der Waals surface area contributed by atoms with Gasteiger partial charge in [-0.15, -0.1) is 0 Å². The summed E-state index contributed by atoms with van der Waals surface area (Å²) in [5.41, 5.74) is 1.00. The van der Waals surface area contributed by atoms with Gasteiger partial charge in [-0.3, -0.25) is 19.3 Å². The number of ketones is 1. The fraction of sp³-hybridized carbons (Fsp3) is 0.565. The number of aliphatic carboxylic acids is 1. The number of imide groups is 1. The SMILES string of the molecule is C[SiH](C)OC[C@H]([C@@H]1C(=O)N(C(=O)C(=O)O)[C@@H]1[C@@H]1CCc2ccc(Cl)cc2C1=O)C(C)(C)C. The van der Waals surface area contributed by atoms with E-state index in [9.17, 15) is 24.3 Å². The second-order valence-electron chi connectivity index (χ2n) is 10.0. The first-order chi connectivity index (χ1) is 14.8. The van der Waals surface area contributed by atoms with Gasteiger partial charge in [0.15, 0.2) is 14.8 Å². The van der Waals surface area contributed by atoms with E-state index >= 15 is 0 Å². The summed E-state index contributed by atoms with van der Waals surface area (Å²) < 4.78 is 5.98. The van der Waals surface area contributed by atoms with Gasteiger partial charge >= 0.3 is 11.9 Å². The van der Waals surface area contributed by atoms with Crippen LogP contribution in [0.1, 0.15) is 43.1 Å². The molecule has 0 spiro atoms. The highest BCUT2D eigenvalue weighted by molar-refractivity contribution is 6.48. The lowest BCUT2D eigenvalue weighted by Crippen LogP contribution is -2.71. The summed E-state index contributed by atoms with van der Waals surface area (Å²) in [6, 6.07) is 4.34. The number of carbonyl (C=O) groups is 4. The van der Waals surface area contributed by atoms with Crippen molar-refractivity contribution in [3.8, 4) is 0 Å². The highest BCUT2D eigenvalue weighted by Gasteiger charge is 2.61. The monoisotopic (exact) mass is 479 g/mol. The molecule has 4 atom stereocenters. The fourth-order valence-electron chi connectivity index (χ4n) is 4.86. The second kappa shape index (κ2) is 9.07. The number of rotatable bonds is 5. The lowest BCUT2D eigenvalue weighted by Gasteiger charge is -2.54. The van der Waals surface area contributed by atoms with E-state index in [2.05, 4.69) is 0 Å². The van der Waals surface area contributed by atoms with Crippen molar-refractivity contribution in [2.45, 2.75) is 52.7 Å². The maximum Gasteiger partial charge on any atom is 0.395 e. The van der Waals surface area contributed by atoms with Crippen molar-refractivity contribution in [2.24, 2.45) is 23.2 Å². The van der Waals surface area contributed by atoms with Gasteiger partial charge in [0, 0.05) is 23.1 Å². The van der Waals surface area contributed by atoms with Crippen LogP contribution in [0.5, 0.6) is 0 Å². The average molecular weight is 480 g/mol. The molecule has 3 rings (SSSR count). The molecular formula is C23H30ClNO6Si. The van der Waals surface area contributed by atoms with Crippen LogP contribution in [-0.4, -0.2) is 55.3 Å². The van der Waals surface area contributed by atoms with Gasteiger partial charge in [0.05, 0.1) is 12.0 Å². The molecule has 1 fully saturated rings. The number of β-lactam (4-membered cyclic amide) rings is 1. The van der Waals surface area contributed by atoms with Crippen molar-refractivity contribution in [3.63, 3.8) is 0 Å². The number of amides is 2. The lowest BCUT2D eigenvalue weighted by molar-refractivity contribution is -0.182. The zero-order valence-corrected chi connectivity index (χ0v) is 21.0. The van der Waals surface area contributed by atoms with Crippen LogP contribution >= 0.6 is 11.6 Å². The summed E-state index contributed by atoms with van der Waals surface area (Å²) in [6.07, 6.45) is 1.02. The third-order valence-corrected chi connectivity index (χ3v) is 7.65. The number of fused-ring (bicyclic) bond motifs is 1. The van der Waals surface area contributed by atoms with Crippen LogP contribution in [0.4, 0.5) is 0 Å². The van der Waals surface area contributed by atoms with E-state index in [1.807, 2.05) is 39.9 Å². The number of carboxylic acids is 1. The van der Waals surface area contributed by atoms with Gasteiger partial charge < -0.3 is 9.53 Å². The Morgan fingerprint density at radius 1 is 1.28 bits per heavy atom. The predicted molar refractivity (Wildman–Crippen MR) is 122 cm³/mol. The molecule has 0 aromatic heterocycles. The highest BCUT2D eigenvalue weighted by atomic mass is 35.5. The topological polar surface area (TPSA) is 101 Å². The molecule has 0 saturated carbocycles. The van der Waals surface area contributed by atoms with Crippen LogP contribution in [-0.2, 0) is 25.2 Å². The largest absolute Gasteiger partial charge is 0.474 e. The number of likely N-dealkylation sites (tertiary alicyclic amines) is 1. The molecule has 0 radical (unpaired) electrons. The van der Waals surface area contributed by atoms with Gasteiger partial charge in [-0.05, 0) is 55.0 Å². The smallest absolute Gasteiger partial charge is 0.395 e. The number of nitrogens with zero attached hydrogens (tertiary/aromatic N) is 1. The Morgan fingerprint density at radius 2 is 1.94 bits per heavy atom. The van der Waals surface area contributed by atoms with E-state index in [0.29, 0.717) is 30.0 Å². The van der Waals surface area contributed by atoms with Crippen molar-refractivity contribution in [1.29, 1.82) is 0 Å². The number of Topliss-reactive ketones (excluding diaryl/α,β-unsaturated/α-hetero) is 1. The number of carbonyl (C=O) groups excluding carboxylic acids is 3. The van der Waals surface area contributed by atoms with Gasteiger partial charge in [-0.25, -0.2) is 4.79 Å². The molecule has 7 nitrogen and oxygen atoms in total. The van der Waals surface area contributed by atoms with Crippen LogP contribution in [0.25, 0.3) is 0 Å². The summed E-state index contributed by atoms with van der Waals surface area (Å²) >= 11 is 6.11. The molecule has 1 heterocycles. The van der Waals surface area contributed by atoms with Crippen LogP contribution in [0.3, 0.4) is 0 Å². The molecule has 1 aromatic carbocycles. The van der Waals surface area contributed by atoms with Gasteiger partial charge in [0.1, 0.15) is 0 Å². The van der Waals surface area contributed by atoms with Crippen LogP contribution < -0.4 is 0 Å². The van der Waals surface area contributed by atoms with E-state index in [4.69, 9.17) is 16.0 Å². The normalized spacial score (nSPS) is 24.2. The maximum atomic E-state index is 13.5. The zero-order chi connectivity index (χ0) is 24.0. The predicted octanol–water partition coefficient (Wildman–Crippen LogP) is 3.19. The molecule has 2 aliphatic rings. The standard InChI is InChI=1S/C23H30ClNO6Si/c1-23(2,3)16(11-31-32(4)5)17-18(25(20(17)27)21(28)22(29)30)14-9-7-12-6-8-13(24)10-15(12)19(14)26/h6,8,10,14,16-18,32H,7,9,11H2,1-5H3,(H,29,30)/t14-,16+,17-,18+/m0/s1. The third-order valence-electron chi connectivity index (χ3n) is 6.56. The minimum absolute atomic E-state index is 0.203. The van der Waals surface area contributed by atoms with E-state index in [0.717, 1.165) is 10.5 Å². The minimum atomic E-state index is -1.70. The number of benzene rings is 1. The van der Waals surface area contributed by atoms with E-state index in [1.165, 1.54) is 0 Å². The number of halogens is 1. The molecule has 0 bridgehead atoms. The quantitative estimate of drug-likeness (QED) is 0.395. The maximum absolute atomic E-state index is 13.5. The first-order valence-electron chi connectivity index (χ1n) is 10.9. The Hall–Kier alpha value is -2.03. The molecule has 1 aliphatic carbocycles. The van der Waals surface area contributed by atoms with Crippen molar-refractivity contribution >= 4 is 44.2 Å². The van der Waals surface area contributed by atoms with Crippen molar-refractivity contribution < 1.29 is 28.7 Å². The third kappa shape index (κ3) is 4.54. The molecule has 1 N–H and O–H groups in total. The van der Waals surface area contributed by atoms with E-state index in [-0.39, 0.29) is 17.1 Å². The Kier molecular flexibility index (Phi) is 6.98. The average Bonchev–Trinajstić information content (AvgIpc) is 2.68. The summed E-state index contributed by atoms with van der Waals surface area (Å²) in [5.74, 6) is -5.33. The van der Waals surface area contributed by atoms with Crippen molar-refractivity contribution in [2.75, 3.05) is 6.61 Å². The molecular weight excluding hydrogens is 450 g/mol. The number of hydrogen-bond donors (Lipinski definition) is 1. The minimum Gasteiger partial charge on any atom is -0.474 e. The summed E-state index contributed by atoms with van der Waals surface area (Å²) in [7, 11) is -1.38. The van der Waals surface area contributed by atoms with Crippen LogP contribution in [0.2, 0.25) is 18.1 Å². The first kappa shape index (κ1) is 24.6. The molecule has 174 valence electrons. The molecule has 1 saturated heterocycles. The van der Waals surface area contributed by atoms with Gasteiger partial charge in [0.2, 0.25) is 5.91 Å². The number of hydrogen-bond acceptors (Lipinski definition) is 5. The molecule has 32 heavy (non-hydrogen) atoms. The fourth-order valence-corrected chi connectivity index (χ4v) is 5.63. The molecule has 9 heteroatoms. The Labute approximate surface area is 194 Å². The number of aryl methyl sites for hydroxylation is 1. The zero-order valence-electron chi connectivity index (χ0n) is 19.1. The van der Waals surface area contributed by atoms with Gasteiger partial charge in [-0.1, -0.05) is 38.4 Å². The van der Waals surface area contributed by atoms with Crippen LogP contribution in [0.15, 0.2) is 18.2 Å². The van der Waals surface area contributed by atoms with Crippen molar-refractivity contribution in [1.82, 2.24) is 4.90 Å². The Morgan fingerprint density at radius 3 is 2.50 bits per heavy atom. The molecule has 1 aliphatic heterocycles. The summed E-state index contributed by atoms with van der Waals surface area (Å²) in [4.78, 5) is 51.3. The highest BCUT2D eigenvalue weighted by Crippen LogP contribution is 2.47. The molecule has 0 unspecified atom stereocenters. The van der Waals surface area contributed by atoms with E-state index < -0.39 is 44.7 Å².